The van der Waals surface area contributed by atoms with E-state index in [2.05, 4.69) is 47.3 Å². The summed E-state index contributed by atoms with van der Waals surface area (Å²) < 4.78 is 16.2. The third-order valence-corrected chi connectivity index (χ3v) is 8.39. The summed E-state index contributed by atoms with van der Waals surface area (Å²) in [4.78, 5) is 34.3. The predicted molar refractivity (Wildman–Crippen MR) is 157 cm³/mol. The third-order valence-electron chi connectivity index (χ3n) is 8.39. The van der Waals surface area contributed by atoms with Crippen LogP contribution in [0.5, 0.6) is 0 Å². The van der Waals surface area contributed by atoms with E-state index in [4.69, 9.17) is 4.98 Å². The van der Waals surface area contributed by atoms with Gasteiger partial charge < -0.3 is 20.1 Å². The fraction of sp³-hybridized carbons (Fsp3) is 0.367. The fourth-order valence-corrected chi connectivity index (χ4v) is 6.04. The van der Waals surface area contributed by atoms with Crippen molar-refractivity contribution in [3.8, 4) is 22.6 Å². The molecule has 11 heteroatoms. The molecule has 41 heavy (non-hydrogen) atoms. The van der Waals surface area contributed by atoms with E-state index in [-0.39, 0.29) is 11.8 Å². The Morgan fingerprint density at radius 2 is 1.90 bits per heavy atom. The van der Waals surface area contributed by atoms with Crippen LogP contribution in [-0.4, -0.2) is 74.2 Å². The molecule has 2 fully saturated rings. The average molecular weight is 554 g/mol. The predicted octanol–water partition coefficient (Wildman–Crippen LogP) is 4.97. The summed E-state index contributed by atoms with van der Waals surface area (Å²) in [6, 6.07) is 7.25. The SMILES string of the molecule is CN1CCN(c2ccnc3[nH]c(-c4n[nH]c5ccc(-c6cncc(NC(=O)C7CCCCC7)c6)c(F)c45)nc23)CC1. The number of benzene rings is 1. The van der Waals surface area contributed by atoms with Gasteiger partial charge in [0, 0.05) is 55.6 Å². The maximum Gasteiger partial charge on any atom is 0.227 e. The maximum absolute atomic E-state index is 16.2. The Bertz CT molecular complexity index is 1730. The largest absolute Gasteiger partial charge is 0.367 e. The van der Waals surface area contributed by atoms with E-state index in [1.165, 1.54) is 6.42 Å². The number of amides is 1. The summed E-state index contributed by atoms with van der Waals surface area (Å²) in [6.45, 7) is 3.74. The number of nitrogens with one attached hydrogen (secondary N) is 3. The molecular formula is C30H32FN9O. The van der Waals surface area contributed by atoms with Gasteiger partial charge in [0.2, 0.25) is 5.91 Å². The van der Waals surface area contributed by atoms with E-state index in [1.54, 1.807) is 36.8 Å². The van der Waals surface area contributed by atoms with Crippen molar-refractivity contribution in [2.75, 3.05) is 43.4 Å². The monoisotopic (exact) mass is 553 g/mol. The van der Waals surface area contributed by atoms with Crippen molar-refractivity contribution in [3.63, 3.8) is 0 Å². The van der Waals surface area contributed by atoms with Gasteiger partial charge in [0.05, 0.1) is 28.5 Å². The first kappa shape index (κ1) is 25.6. The normalized spacial score (nSPS) is 17.0. The molecule has 1 saturated heterocycles. The molecule has 5 aromatic rings. The lowest BCUT2D eigenvalue weighted by atomic mass is 9.88. The van der Waals surface area contributed by atoms with Gasteiger partial charge in [-0.2, -0.15) is 5.10 Å². The fourth-order valence-electron chi connectivity index (χ4n) is 6.04. The first-order valence-corrected chi connectivity index (χ1v) is 14.3. The van der Waals surface area contributed by atoms with Crippen LogP contribution in [0.4, 0.5) is 15.8 Å². The van der Waals surface area contributed by atoms with Gasteiger partial charge in [-0.05, 0) is 44.2 Å². The molecule has 5 heterocycles. The second-order valence-corrected chi connectivity index (χ2v) is 11.1. The number of carbonyl (C=O) groups is 1. The standard InChI is InChI=1S/C30H32FN9O/c1-39-11-13-40(14-12-39)23-9-10-33-28-26(23)35-29(36-28)27-24-22(37-38-27)8-7-21(25(24)31)19-15-20(17-32-16-19)34-30(41)18-5-3-2-4-6-18/h7-10,15-18H,2-6,11-14H2,1H3,(H,34,41)(H,37,38)(H,33,35,36). The molecule has 1 saturated carbocycles. The summed E-state index contributed by atoms with van der Waals surface area (Å²) in [5.74, 6) is 0.0368. The summed E-state index contributed by atoms with van der Waals surface area (Å²) in [5, 5.41) is 10.7. The number of imidazole rings is 1. The van der Waals surface area contributed by atoms with Crippen molar-refractivity contribution in [2.45, 2.75) is 32.1 Å². The molecule has 1 aliphatic carbocycles. The highest BCUT2D eigenvalue weighted by molar-refractivity contribution is 5.98. The van der Waals surface area contributed by atoms with Crippen LogP contribution in [0.1, 0.15) is 32.1 Å². The lowest BCUT2D eigenvalue weighted by Gasteiger charge is -2.33. The summed E-state index contributed by atoms with van der Waals surface area (Å²) >= 11 is 0. The number of piperazine rings is 1. The summed E-state index contributed by atoms with van der Waals surface area (Å²) in [5.41, 5.74) is 4.82. The van der Waals surface area contributed by atoms with E-state index >= 15 is 4.39 Å². The number of halogens is 1. The molecule has 0 unspecified atom stereocenters. The zero-order valence-electron chi connectivity index (χ0n) is 23.0. The Balaban J connectivity index is 1.22. The van der Waals surface area contributed by atoms with Crippen LogP contribution in [0.15, 0.2) is 42.9 Å². The number of rotatable bonds is 5. The summed E-state index contributed by atoms with van der Waals surface area (Å²) in [7, 11) is 2.12. The van der Waals surface area contributed by atoms with E-state index in [1.807, 2.05) is 6.07 Å². The second kappa shape index (κ2) is 10.5. The van der Waals surface area contributed by atoms with Crippen LogP contribution in [0, 0.1) is 11.7 Å². The van der Waals surface area contributed by atoms with Gasteiger partial charge in [-0.25, -0.2) is 14.4 Å². The second-order valence-electron chi connectivity index (χ2n) is 11.1. The van der Waals surface area contributed by atoms with E-state index in [9.17, 15) is 4.79 Å². The number of nitrogens with zero attached hydrogens (tertiary/aromatic N) is 6. The number of likely N-dealkylation sites (N-methyl/N-ethyl adjacent to an activating group) is 1. The molecule has 0 bridgehead atoms. The molecule has 210 valence electrons. The molecule has 0 spiro atoms. The van der Waals surface area contributed by atoms with Gasteiger partial charge in [-0.1, -0.05) is 19.3 Å². The molecule has 0 radical (unpaired) electrons. The van der Waals surface area contributed by atoms with Crippen molar-refractivity contribution in [2.24, 2.45) is 5.92 Å². The summed E-state index contributed by atoms with van der Waals surface area (Å²) in [6.07, 6.45) is 10.1. The lowest BCUT2D eigenvalue weighted by molar-refractivity contribution is -0.120. The molecule has 1 aromatic carbocycles. The number of H-pyrrole nitrogens is 2. The van der Waals surface area contributed by atoms with E-state index < -0.39 is 5.82 Å². The highest BCUT2D eigenvalue weighted by atomic mass is 19.1. The Morgan fingerprint density at radius 1 is 1.07 bits per heavy atom. The molecule has 4 aromatic heterocycles. The molecule has 3 N–H and O–H groups in total. The topological polar surface area (TPSA) is 119 Å². The van der Waals surface area contributed by atoms with Crippen molar-refractivity contribution in [1.82, 2.24) is 35.0 Å². The van der Waals surface area contributed by atoms with Crippen molar-refractivity contribution in [1.29, 1.82) is 0 Å². The molecule has 1 aliphatic heterocycles. The first-order chi connectivity index (χ1) is 20.0. The van der Waals surface area contributed by atoms with Crippen LogP contribution in [-0.2, 0) is 4.79 Å². The maximum atomic E-state index is 16.2. The number of pyridine rings is 2. The smallest absolute Gasteiger partial charge is 0.227 e. The van der Waals surface area contributed by atoms with Gasteiger partial charge in [0.15, 0.2) is 11.5 Å². The highest BCUT2D eigenvalue weighted by Crippen LogP contribution is 2.35. The zero-order chi connectivity index (χ0) is 27.9. The molecule has 1 amide bonds. The van der Waals surface area contributed by atoms with Gasteiger partial charge in [0.1, 0.15) is 17.0 Å². The van der Waals surface area contributed by atoms with Crippen molar-refractivity contribution >= 4 is 39.3 Å². The number of hydrogen-bond acceptors (Lipinski definition) is 7. The number of carbonyl (C=O) groups excluding carboxylic acids is 1. The van der Waals surface area contributed by atoms with E-state index in [0.717, 1.165) is 63.1 Å². The molecule has 7 rings (SSSR count). The number of hydrogen-bond donors (Lipinski definition) is 3. The van der Waals surface area contributed by atoms with Gasteiger partial charge in [-0.15, -0.1) is 0 Å². The number of aromatic nitrogens is 6. The van der Waals surface area contributed by atoms with Crippen LogP contribution in [0.25, 0.3) is 44.7 Å². The average Bonchev–Trinajstić information content (AvgIpc) is 3.63. The number of aromatic amines is 2. The van der Waals surface area contributed by atoms with Crippen molar-refractivity contribution in [3.05, 3.63) is 48.7 Å². The minimum atomic E-state index is -0.434. The minimum absolute atomic E-state index is 0.00568. The minimum Gasteiger partial charge on any atom is -0.367 e. The number of anilines is 2. The van der Waals surface area contributed by atoms with Crippen LogP contribution in [0.3, 0.4) is 0 Å². The number of fused-ring (bicyclic) bond motifs is 2. The third kappa shape index (κ3) is 4.80. The van der Waals surface area contributed by atoms with Crippen molar-refractivity contribution < 1.29 is 9.18 Å². The van der Waals surface area contributed by atoms with Crippen LogP contribution >= 0.6 is 0 Å². The Hall–Kier alpha value is -4.38. The zero-order valence-corrected chi connectivity index (χ0v) is 23.0. The van der Waals surface area contributed by atoms with Gasteiger partial charge >= 0.3 is 0 Å². The molecule has 10 nitrogen and oxygen atoms in total. The molecule has 2 aliphatic rings. The van der Waals surface area contributed by atoms with Gasteiger partial charge in [-0.3, -0.25) is 14.9 Å². The van der Waals surface area contributed by atoms with Crippen LogP contribution < -0.4 is 10.2 Å². The van der Waals surface area contributed by atoms with Crippen LogP contribution in [0.2, 0.25) is 0 Å². The first-order valence-electron chi connectivity index (χ1n) is 14.3. The Labute approximate surface area is 236 Å². The Morgan fingerprint density at radius 3 is 2.73 bits per heavy atom. The van der Waals surface area contributed by atoms with E-state index in [0.29, 0.717) is 44.9 Å². The molecule has 0 atom stereocenters. The molecular weight excluding hydrogens is 521 g/mol. The Kier molecular flexibility index (Phi) is 6.58. The highest BCUT2D eigenvalue weighted by Gasteiger charge is 2.24. The quantitative estimate of drug-likeness (QED) is 0.281. The van der Waals surface area contributed by atoms with Gasteiger partial charge in [0.25, 0.3) is 0 Å². The lowest BCUT2D eigenvalue weighted by Crippen LogP contribution is -2.44.